The van der Waals surface area contributed by atoms with Crippen LogP contribution in [0, 0.1) is 0 Å². The number of nitrogens with one attached hydrogen (secondary N) is 1. The van der Waals surface area contributed by atoms with Crippen LogP contribution in [-0.2, 0) is 0 Å². The Morgan fingerprint density at radius 3 is 3.21 bits per heavy atom. The highest BCUT2D eigenvalue weighted by Crippen LogP contribution is 2.37. The number of halogens is 1. The monoisotopic (exact) mass is 192 g/mol. The number of fused-ring (bicyclic) bond motifs is 2. The van der Waals surface area contributed by atoms with E-state index < -0.39 is 6.17 Å². The predicted octanol–water partition coefficient (Wildman–Crippen LogP) is 1.17. The van der Waals surface area contributed by atoms with Gasteiger partial charge in [-0.05, 0) is 24.0 Å². The van der Waals surface area contributed by atoms with Crippen molar-refractivity contribution in [3.63, 3.8) is 0 Å². The number of hydrogen-bond acceptors (Lipinski definition) is 2. The van der Waals surface area contributed by atoms with Gasteiger partial charge in [0.15, 0.2) is 0 Å². The van der Waals surface area contributed by atoms with Crippen molar-refractivity contribution >= 4 is 0 Å². The molecule has 14 heavy (non-hydrogen) atoms. The number of hydrogen-bond donors (Lipinski definition) is 2. The van der Waals surface area contributed by atoms with Crippen LogP contribution in [0.25, 0.3) is 0 Å². The van der Waals surface area contributed by atoms with Crippen molar-refractivity contribution in [1.29, 1.82) is 0 Å². The molecule has 3 unspecified atom stereocenters. The summed E-state index contributed by atoms with van der Waals surface area (Å²) in [6.07, 6.45) is 6.67. The van der Waals surface area contributed by atoms with Crippen LogP contribution in [0.1, 0.15) is 12.8 Å². The van der Waals surface area contributed by atoms with Crippen molar-refractivity contribution in [2.45, 2.75) is 31.1 Å². The maximum atomic E-state index is 13.5. The van der Waals surface area contributed by atoms with Crippen LogP contribution in [0.5, 0.6) is 0 Å². The first-order valence-electron chi connectivity index (χ1n) is 5.05. The summed E-state index contributed by atoms with van der Waals surface area (Å²) in [6, 6.07) is -0.000000000000000666. The van der Waals surface area contributed by atoms with Gasteiger partial charge >= 0.3 is 0 Å². The largest absolute Gasteiger partial charge is 0.398 e. The van der Waals surface area contributed by atoms with Crippen LogP contribution in [-0.4, -0.2) is 18.3 Å². The van der Waals surface area contributed by atoms with E-state index in [0.717, 1.165) is 23.3 Å². The zero-order chi connectivity index (χ0) is 9.71. The van der Waals surface area contributed by atoms with E-state index in [1.165, 1.54) is 0 Å². The Morgan fingerprint density at radius 2 is 2.36 bits per heavy atom. The van der Waals surface area contributed by atoms with Crippen molar-refractivity contribution in [2.75, 3.05) is 0 Å². The van der Waals surface area contributed by atoms with Crippen LogP contribution in [0.2, 0.25) is 0 Å². The van der Waals surface area contributed by atoms with Gasteiger partial charge in [0.1, 0.15) is 6.17 Å². The summed E-state index contributed by atoms with van der Waals surface area (Å²) < 4.78 is 13.5. The zero-order valence-electron chi connectivity index (χ0n) is 7.83. The molecule has 1 saturated carbocycles. The number of nitrogens with two attached hydrogens (primary N) is 1. The highest BCUT2D eigenvalue weighted by Gasteiger charge is 2.39. The number of alkyl halides is 1. The summed E-state index contributed by atoms with van der Waals surface area (Å²) in [4.78, 5) is 0. The normalized spacial score (nSPS) is 39.8. The summed E-state index contributed by atoms with van der Waals surface area (Å²) >= 11 is 0. The van der Waals surface area contributed by atoms with Gasteiger partial charge < -0.3 is 5.73 Å². The van der Waals surface area contributed by atoms with Gasteiger partial charge in [-0.3, -0.25) is 5.32 Å². The molecule has 1 fully saturated rings. The van der Waals surface area contributed by atoms with Crippen molar-refractivity contribution < 1.29 is 4.39 Å². The van der Waals surface area contributed by atoms with Crippen LogP contribution >= 0.6 is 0 Å². The minimum Gasteiger partial charge on any atom is -0.398 e. The van der Waals surface area contributed by atoms with Gasteiger partial charge in [-0.2, -0.15) is 0 Å². The first-order chi connectivity index (χ1) is 6.77. The molecule has 74 valence electrons. The molecule has 1 heterocycles. The molecule has 0 amide bonds. The van der Waals surface area contributed by atoms with Gasteiger partial charge in [-0.15, -0.1) is 0 Å². The molecule has 0 spiro atoms. The Kier molecular flexibility index (Phi) is 1.59. The Bertz CT molecular complexity index is 367. The van der Waals surface area contributed by atoms with Crippen LogP contribution in [0.15, 0.2) is 35.1 Å². The van der Waals surface area contributed by atoms with Crippen molar-refractivity contribution in [2.24, 2.45) is 5.73 Å². The van der Waals surface area contributed by atoms with Gasteiger partial charge in [-0.25, -0.2) is 4.39 Å². The van der Waals surface area contributed by atoms with Crippen molar-refractivity contribution in [1.82, 2.24) is 5.32 Å². The van der Waals surface area contributed by atoms with E-state index in [1.54, 1.807) is 0 Å². The van der Waals surface area contributed by atoms with Crippen LogP contribution in [0.4, 0.5) is 4.39 Å². The van der Waals surface area contributed by atoms with E-state index in [4.69, 9.17) is 5.73 Å². The van der Waals surface area contributed by atoms with E-state index in [2.05, 4.69) is 5.32 Å². The third-order valence-corrected chi connectivity index (χ3v) is 3.36. The highest BCUT2D eigenvalue weighted by atomic mass is 19.1. The van der Waals surface area contributed by atoms with E-state index in [0.29, 0.717) is 6.42 Å². The quantitative estimate of drug-likeness (QED) is 0.604. The summed E-state index contributed by atoms with van der Waals surface area (Å²) in [5.74, 6) is 0. The molecule has 3 atom stereocenters. The fourth-order valence-electron chi connectivity index (χ4n) is 2.60. The number of allylic oxidation sites excluding steroid dienone is 2. The molecule has 3 heteroatoms. The Labute approximate surface area is 82.4 Å². The van der Waals surface area contributed by atoms with E-state index in [1.807, 2.05) is 18.2 Å². The summed E-state index contributed by atoms with van der Waals surface area (Å²) in [7, 11) is 0. The third kappa shape index (κ3) is 0.932. The Hall–Kier alpha value is -1.09. The lowest BCUT2D eigenvalue weighted by Crippen LogP contribution is -2.46. The second-order valence-corrected chi connectivity index (χ2v) is 4.12. The lowest BCUT2D eigenvalue weighted by molar-refractivity contribution is 0.286. The third-order valence-electron chi connectivity index (χ3n) is 3.36. The average Bonchev–Trinajstić information content (AvgIpc) is 2.75. The molecule has 3 rings (SSSR count). The molecule has 0 aromatic heterocycles. The van der Waals surface area contributed by atoms with E-state index in [9.17, 15) is 4.39 Å². The maximum absolute atomic E-state index is 13.5. The molecule has 2 nitrogen and oxygen atoms in total. The standard InChI is InChI=1S/C11H13FN2/c12-8-5-4-7-10(13)6-2-1-3-9(6)14-11(7)8/h1-3,8-9,11,14H,4-5,13H2. The lowest BCUT2D eigenvalue weighted by Gasteiger charge is -2.30. The fraction of sp³-hybridized carbons (Fsp3) is 0.455. The average molecular weight is 192 g/mol. The topological polar surface area (TPSA) is 38.0 Å². The first-order valence-corrected chi connectivity index (χ1v) is 5.05. The minimum atomic E-state index is -0.765. The molecule has 0 saturated heterocycles. The van der Waals surface area contributed by atoms with Gasteiger partial charge in [0.25, 0.3) is 0 Å². The Balaban J connectivity index is 2.06. The summed E-state index contributed by atoms with van der Waals surface area (Å²) in [5.41, 5.74) is 9.04. The smallest absolute Gasteiger partial charge is 0.120 e. The fourth-order valence-corrected chi connectivity index (χ4v) is 2.60. The molecule has 3 N–H and O–H groups in total. The molecule has 0 bridgehead atoms. The molecule has 0 aromatic rings. The molecular weight excluding hydrogens is 179 g/mol. The highest BCUT2D eigenvalue weighted by molar-refractivity contribution is 5.51. The van der Waals surface area contributed by atoms with Gasteiger partial charge in [0, 0.05) is 5.70 Å². The second kappa shape index (κ2) is 2.70. The van der Waals surface area contributed by atoms with E-state index >= 15 is 0 Å². The number of rotatable bonds is 0. The molecule has 1 aliphatic heterocycles. The molecule has 0 aromatic carbocycles. The van der Waals surface area contributed by atoms with E-state index in [-0.39, 0.29) is 12.1 Å². The van der Waals surface area contributed by atoms with Crippen molar-refractivity contribution in [3.8, 4) is 0 Å². The van der Waals surface area contributed by atoms with Crippen molar-refractivity contribution in [3.05, 3.63) is 35.1 Å². The molecule has 0 radical (unpaired) electrons. The van der Waals surface area contributed by atoms with Crippen LogP contribution in [0.3, 0.4) is 0 Å². The van der Waals surface area contributed by atoms with Gasteiger partial charge in [-0.1, -0.05) is 18.2 Å². The molecule has 2 aliphatic carbocycles. The Morgan fingerprint density at radius 1 is 1.50 bits per heavy atom. The second-order valence-electron chi connectivity index (χ2n) is 4.12. The summed E-state index contributed by atoms with van der Waals surface area (Å²) in [6.45, 7) is 0. The van der Waals surface area contributed by atoms with Crippen LogP contribution < -0.4 is 11.1 Å². The molecular formula is C11H13FN2. The van der Waals surface area contributed by atoms with Gasteiger partial charge in [0.05, 0.1) is 12.1 Å². The molecule has 3 aliphatic rings. The zero-order valence-corrected chi connectivity index (χ0v) is 7.83. The predicted molar refractivity (Wildman–Crippen MR) is 53.3 cm³/mol. The maximum Gasteiger partial charge on any atom is 0.120 e. The lowest BCUT2D eigenvalue weighted by atomic mass is 9.94. The SMILES string of the molecule is NC1=C2CCC(F)C2NC2C=CC=C12. The van der Waals surface area contributed by atoms with Gasteiger partial charge in [0.2, 0.25) is 0 Å². The first kappa shape index (κ1) is 8.24. The summed E-state index contributed by atoms with van der Waals surface area (Å²) in [5, 5.41) is 3.29. The minimum absolute atomic E-state index is 0.139.